The molecular weight excluding hydrogens is 228 g/mol. The van der Waals surface area contributed by atoms with Crippen molar-refractivity contribution in [1.82, 2.24) is 10.2 Å². The first-order chi connectivity index (χ1) is 8.63. The van der Waals surface area contributed by atoms with Crippen molar-refractivity contribution in [1.29, 1.82) is 0 Å². The van der Waals surface area contributed by atoms with Crippen molar-refractivity contribution in [3.8, 4) is 5.75 Å². The van der Waals surface area contributed by atoms with Gasteiger partial charge in [-0.05, 0) is 30.7 Å². The highest BCUT2D eigenvalue weighted by Gasteiger charge is 2.02. The maximum Gasteiger partial charge on any atom is 0.223 e. The third-order valence-corrected chi connectivity index (χ3v) is 2.76. The first kappa shape index (κ1) is 14.5. The van der Waals surface area contributed by atoms with Crippen LogP contribution in [-0.2, 0) is 11.2 Å². The van der Waals surface area contributed by atoms with Crippen molar-refractivity contribution >= 4 is 5.91 Å². The van der Waals surface area contributed by atoms with E-state index in [9.17, 15) is 4.79 Å². The first-order valence-corrected chi connectivity index (χ1v) is 6.17. The number of rotatable bonds is 7. The van der Waals surface area contributed by atoms with Gasteiger partial charge in [0.1, 0.15) is 5.75 Å². The summed E-state index contributed by atoms with van der Waals surface area (Å²) in [6.45, 7) is 1.61. The molecule has 0 saturated carbocycles. The van der Waals surface area contributed by atoms with E-state index in [0.717, 1.165) is 25.3 Å². The van der Waals surface area contributed by atoms with E-state index in [4.69, 9.17) is 4.74 Å². The van der Waals surface area contributed by atoms with Crippen LogP contribution in [0.15, 0.2) is 24.3 Å². The number of benzene rings is 1. The summed E-state index contributed by atoms with van der Waals surface area (Å²) in [5.41, 5.74) is 1.27. The summed E-state index contributed by atoms with van der Waals surface area (Å²) >= 11 is 0. The normalized spacial score (nSPS) is 10.2. The molecular formula is C14H22N2O2. The molecule has 1 N–H and O–H groups in total. The van der Waals surface area contributed by atoms with Gasteiger partial charge in [-0.1, -0.05) is 12.1 Å². The van der Waals surface area contributed by atoms with Gasteiger partial charge in [0, 0.05) is 27.1 Å². The van der Waals surface area contributed by atoms with Gasteiger partial charge >= 0.3 is 0 Å². The monoisotopic (exact) mass is 250 g/mol. The number of nitrogens with one attached hydrogen (secondary N) is 1. The Balaban J connectivity index is 2.15. The molecule has 0 aliphatic heterocycles. The summed E-state index contributed by atoms with van der Waals surface area (Å²) in [6.07, 6.45) is 1.51. The van der Waals surface area contributed by atoms with Crippen LogP contribution >= 0.6 is 0 Å². The molecule has 4 nitrogen and oxygen atoms in total. The van der Waals surface area contributed by atoms with E-state index < -0.39 is 0 Å². The molecule has 0 radical (unpaired) electrons. The number of ether oxygens (including phenoxy) is 1. The van der Waals surface area contributed by atoms with Crippen molar-refractivity contribution in [2.75, 3.05) is 34.3 Å². The predicted octanol–water partition coefficient (Wildman–Crippen LogP) is 1.31. The van der Waals surface area contributed by atoms with Gasteiger partial charge in [0.25, 0.3) is 0 Å². The van der Waals surface area contributed by atoms with Gasteiger partial charge in [0.15, 0.2) is 0 Å². The summed E-state index contributed by atoms with van der Waals surface area (Å²) < 4.78 is 5.10. The van der Waals surface area contributed by atoms with Gasteiger partial charge in [-0.2, -0.15) is 0 Å². The van der Waals surface area contributed by atoms with Crippen molar-refractivity contribution < 1.29 is 9.53 Å². The second-order valence-electron chi connectivity index (χ2n) is 4.39. The van der Waals surface area contributed by atoms with Crippen molar-refractivity contribution in [3.63, 3.8) is 0 Å². The molecule has 18 heavy (non-hydrogen) atoms. The Hall–Kier alpha value is -1.55. The lowest BCUT2D eigenvalue weighted by Crippen LogP contribution is -2.27. The van der Waals surface area contributed by atoms with Crippen LogP contribution in [0.3, 0.4) is 0 Å². The molecule has 0 atom stereocenters. The smallest absolute Gasteiger partial charge is 0.223 e. The second kappa shape index (κ2) is 7.71. The Bertz CT molecular complexity index is 361. The van der Waals surface area contributed by atoms with Crippen molar-refractivity contribution in [2.24, 2.45) is 0 Å². The summed E-state index contributed by atoms with van der Waals surface area (Å²) in [6, 6.07) is 8.05. The molecule has 0 aliphatic rings. The molecule has 0 heterocycles. The lowest BCUT2D eigenvalue weighted by Gasteiger charge is -2.10. The lowest BCUT2D eigenvalue weighted by atomic mass is 10.1. The minimum absolute atomic E-state index is 0.159. The van der Waals surface area contributed by atoms with E-state index in [1.807, 2.05) is 12.1 Å². The van der Waals surface area contributed by atoms with Crippen LogP contribution in [0.25, 0.3) is 0 Å². The lowest BCUT2D eigenvalue weighted by molar-refractivity contribution is -0.128. The fourth-order valence-corrected chi connectivity index (χ4v) is 1.57. The number of carbonyl (C=O) groups excluding carboxylic acids is 1. The number of amides is 1. The highest BCUT2D eigenvalue weighted by molar-refractivity contribution is 5.75. The molecule has 1 amide bonds. The topological polar surface area (TPSA) is 41.6 Å². The van der Waals surface area contributed by atoms with E-state index in [1.54, 1.807) is 26.1 Å². The Morgan fingerprint density at radius 3 is 2.44 bits per heavy atom. The van der Waals surface area contributed by atoms with E-state index in [2.05, 4.69) is 17.4 Å². The average molecular weight is 250 g/mol. The van der Waals surface area contributed by atoms with Gasteiger partial charge in [-0.3, -0.25) is 4.79 Å². The number of nitrogens with zero attached hydrogens (tertiary/aromatic N) is 1. The highest BCUT2D eigenvalue weighted by Crippen LogP contribution is 2.11. The maximum absolute atomic E-state index is 11.3. The molecule has 0 bridgehead atoms. The average Bonchev–Trinajstić information content (AvgIpc) is 2.38. The number of hydrogen-bond acceptors (Lipinski definition) is 3. The predicted molar refractivity (Wildman–Crippen MR) is 72.9 cm³/mol. The van der Waals surface area contributed by atoms with Crippen LogP contribution in [0.1, 0.15) is 12.0 Å². The van der Waals surface area contributed by atoms with Gasteiger partial charge < -0.3 is 15.0 Å². The van der Waals surface area contributed by atoms with Crippen LogP contribution in [0.2, 0.25) is 0 Å². The number of methoxy groups -OCH3 is 1. The molecule has 1 rings (SSSR count). The largest absolute Gasteiger partial charge is 0.497 e. The van der Waals surface area contributed by atoms with Gasteiger partial charge in [0.05, 0.1) is 7.11 Å². The molecule has 1 aromatic carbocycles. The zero-order valence-corrected chi connectivity index (χ0v) is 11.4. The van der Waals surface area contributed by atoms with Crippen LogP contribution < -0.4 is 10.1 Å². The Morgan fingerprint density at radius 2 is 1.89 bits per heavy atom. The summed E-state index contributed by atoms with van der Waals surface area (Å²) in [5.74, 6) is 1.04. The molecule has 0 fully saturated rings. The fraction of sp³-hybridized carbons (Fsp3) is 0.500. The summed E-state index contributed by atoms with van der Waals surface area (Å²) in [7, 11) is 5.22. The molecule has 4 heteroatoms. The fourth-order valence-electron chi connectivity index (χ4n) is 1.57. The first-order valence-electron chi connectivity index (χ1n) is 6.17. The van der Waals surface area contributed by atoms with Gasteiger partial charge in [-0.15, -0.1) is 0 Å². The van der Waals surface area contributed by atoms with E-state index in [-0.39, 0.29) is 5.91 Å². The summed E-state index contributed by atoms with van der Waals surface area (Å²) in [4.78, 5) is 12.9. The Labute approximate surface area is 109 Å². The molecule has 0 aromatic heterocycles. The highest BCUT2D eigenvalue weighted by atomic mass is 16.5. The summed E-state index contributed by atoms with van der Waals surface area (Å²) in [5, 5.41) is 3.27. The van der Waals surface area contributed by atoms with Crippen LogP contribution in [0.4, 0.5) is 0 Å². The van der Waals surface area contributed by atoms with Crippen molar-refractivity contribution in [3.05, 3.63) is 29.8 Å². The number of carbonyl (C=O) groups is 1. The molecule has 0 aliphatic carbocycles. The second-order valence-corrected chi connectivity index (χ2v) is 4.39. The Kier molecular flexibility index (Phi) is 6.22. The van der Waals surface area contributed by atoms with E-state index >= 15 is 0 Å². The van der Waals surface area contributed by atoms with Crippen molar-refractivity contribution in [2.45, 2.75) is 12.8 Å². The Morgan fingerprint density at radius 1 is 1.22 bits per heavy atom. The SMILES string of the molecule is COc1ccc(CCNCCC(=O)N(C)C)cc1. The third-order valence-electron chi connectivity index (χ3n) is 2.76. The third kappa shape index (κ3) is 5.19. The zero-order valence-electron chi connectivity index (χ0n) is 11.4. The molecule has 0 saturated heterocycles. The minimum atomic E-state index is 0.159. The molecule has 0 unspecified atom stereocenters. The quantitative estimate of drug-likeness (QED) is 0.742. The van der Waals surface area contributed by atoms with E-state index in [1.165, 1.54) is 5.56 Å². The van der Waals surface area contributed by atoms with E-state index in [0.29, 0.717) is 6.42 Å². The molecule has 0 spiro atoms. The minimum Gasteiger partial charge on any atom is -0.497 e. The molecule has 1 aromatic rings. The zero-order chi connectivity index (χ0) is 13.4. The van der Waals surface area contributed by atoms with Crippen LogP contribution in [-0.4, -0.2) is 45.1 Å². The molecule has 100 valence electrons. The van der Waals surface area contributed by atoms with Gasteiger partial charge in [0.2, 0.25) is 5.91 Å². The maximum atomic E-state index is 11.3. The van der Waals surface area contributed by atoms with Crippen LogP contribution in [0, 0.1) is 0 Å². The number of hydrogen-bond donors (Lipinski definition) is 1. The standard InChI is InChI=1S/C14H22N2O2/c1-16(2)14(17)9-11-15-10-8-12-4-6-13(18-3)7-5-12/h4-7,15H,8-11H2,1-3H3. The van der Waals surface area contributed by atoms with Crippen LogP contribution in [0.5, 0.6) is 5.75 Å². The van der Waals surface area contributed by atoms with Gasteiger partial charge in [-0.25, -0.2) is 0 Å².